The van der Waals surface area contributed by atoms with Crippen molar-refractivity contribution in [2.75, 3.05) is 12.3 Å². The molecule has 1 heterocycles. The summed E-state index contributed by atoms with van der Waals surface area (Å²) in [4.78, 5) is 20.6. The fraction of sp³-hybridized carbons (Fsp3) is 0.312. The number of halogens is 1. The molecule has 0 atom stereocenters. The van der Waals surface area contributed by atoms with Gasteiger partial charge in [-0.1, -0.05) is 29.8 Å². The van der Waals surface area contributed by atoms with Crippen LogP contribution in [0.4, 0.5) is 5.95 Å². The minimum atomic E-state index is -0.172. The van der Waals surface area contributed by atoms with Gasteiger partial charge >= 0.3 is 0 Å². The number of carbonyl (C=O) groups excluding carboxylic acids is 1. The molecule has 6 heteroatoms. The quantitative estimate of drug-likeness (QED) is 0.887. The largest absolute Gasteiger partial charge is 0.368 e. The fourth-order valence-corrected chi connectivity index (χ4v) is 2.57. The van der Waals surface area contributed by atoms with Crippen LogP contribution in [0.25, 0.3) is 0 Å². The van der Waals surface area contributed by atoms with E-state index in [9.17, 15) is 4.79 Å². The first-order chi connectivity index (χ1) is 10.5. The molecule has 0 saturated carbocycles. The van der Waals surface area contributed by atoms with Crippen molar-refractivity contribution in [2.24, 2.45) is 0 Å². The maximum Gasteiger partial charge on any atom is 0.254 e. The van der Waals surface area contributed by atoms with Gasteiger partial charge in [0.2, 0.25) is 5.95 Å². The second-order valence-electron chi connectivity index (χ2n) is 4.94. The lowest BCUT2D eigenvalue weighted by atomic mass is 10.0. The standard InChI is InChI=1S/C16H19ClN4O/c1-3-19-15(22)14-10(2)20-16(18)21-13(14)9-8-11-6-4-5-7-12(11)17/h4-7H,3,8-9H2,1-2H3,(H,19,22)(H2,18,20,21). The predicted molar refractivity (Wildman–Crippen MR) is 88.0 cm³/mol. The highest BCUT2D eigenvalue weighted by Crippen LogP contribution is 2.19. The predicted octanol–water partition coefficient (Wildman–Crippen LogP) is 2.56. The van der Waals surface area contributed by atoms with Gasteiger partial charge in [-0.15, -0.1) is 0 Å². The number of amides is 1. The molecule has 0 aliphatic rings. The Hall–Kier alpha value is -2.14. The van der Waals surface area contributed by atoms with E-state index < -0.39 is 0 Å². The van der Waals surface area contributed by atoms with Crippen LogP contribution >= 0.6 is 11.6 Å². The van der Waals surface area contributed by atoms with Crippen molar-refractivity contribution in [1.82, 2.24) is 15.3 Å². The zero-order chi connectivity index (χ0) is 16.1. The number of nitrogens with one attached hydrogen (secondary N) is 1. The number of nitrogens with two attached hydrogens (primary N) is 1. The van der Waals surface area contributed by atoms with Gasteiger partial charge in [0.1, 0.15) is 0 Å². The molecule has 1 amide bonds. The highest BCUT2D eigenvalue weighted by atomic mass is 35.5. The molecular formula is C16H19ClN4O. The van der Waals surface area contributed by atoms with Crippen LogP contribution < -0.4 is 11.1 Å². The van der Waals surface area contributed by atoms with E-state index in [0.717, 1.165) is 5.56 Å². The van der Waals surface area contributed by atoms with E-state index in [2.05, 4.69) is 15.3 Å². The first-order valence-electron chi connectivity index (χ1n) is 7.17. The van der Waals surface area contributed by atoms with Crippen molar-refractivity contribution in [1.29, 1.82) is 0 Å². The number of hydrogen-bond donors (Lipinski definition) is 2. The number of anilines is 1. The van der Waals surface area contributed by atoms with Gasteiger partial charge in [0, 0.05) is 11.6 Å². The first kappa shape index (κ1) is 16.2. The third-order valence-corrected chi connectivity index (χ3v) is 3.70. The minimum Gasteiger partial charge on any atom is -0.368 e. The van der Waals surface area contributed by atoms with Crippen molar-refractivity contribution in [3.8, 4) is 0 Å². The Labute approximate surface area is 134 Å². The van der Waals surface area contributed by atoms with Crippen LogP contribution in [0, 0.1) is 6.92 Å². The molecule has 0 aliphatic carbocycles. The smallest absolute Gasteiger partial charge is 0.254 e. The van der Waals surface area contributed by atoms with Crippen molar-refractivity contribution in [3.63, 3.8) is 0 Å². The molecule has 1 aromatic heterocycles. The molecule has 2 aromatic rings. The van der Waals surface area contributed by atoms with Gasteiger partial charge in [0.05, 0.1) is 17.0 Å². The Kier molecular flexibility index (Phi) is 5.33. The lowest BCUT2D eigenvalue weighted by molar-refractivity contribution is 0.0953. The summed E-state index contributed by atoms with van der Waals surface area (Å²) in [5.41, 5.74) is 8.48. The normalized spacial score (nSPS) is 10.5. The fourth-order valence-electron chi connectivity index (χ4n) is 2.34. The van der Waals surface area contributed by atoms with E-state index in [4.69, 9.17) is 17.3 Å². The van der Waals surface area contributed by atoms with E-state index in [1.54, 1.807) is 6.92 Å². The number of nitrogens with zero attached hydrogens (tertiary/aromatic N) is 2. The SMILES string of the molecule is CCNC(=O)c1c(C)nc(N)nc1CCc1ccccc1Cl. The van der Waals surface area contributed by atoms with Crippen LogP contribution in [0.5, 0.6) is 0 Å². The molecule has 116 valence electrons. The Morgan fingerprint density at radius 2 is 2.00 bits per heavy atom. The molecule has 0 bridgehead atoms. The zero-order valence-electron chi connectivity index (χ0n) is 12.7. The number of carbonyl (C=O) groups is 1. The summed E-state index contributed by atoms with van der Waals surface area (Å²) < 4.78 is 0. The summed E-state index contributed by atoms with van der Waals surface area (Å²) in [5.74, 6) is 0.00821. The number of hydrogen-bond acceptors (Lipinski definition) is 4. The number of nitrogen functional groups attached to an aromatic ring is 1. The number of aryl methyl sites for hydroxylation is 3. The van der Waals surface area contributed by atoms with E-state index in [0.29, 0.717) is 41.4 Å². The van der Waals surface area contributed by atoms with E-state index in [1.165, 1.54) is 0 Å². The van der Waals surface area contributed by atoms with Crippen molar-refractivity contribution in [2.45, 2.75) is 26.7 Å². The number of rotatable bonds is 5. The lowest BCUT2D eigenvalue weighted by Gasteiger charge is -2.12. The minimum absolute atomic E-state index is 0.172. The summed E-state index contributed by atoms with van der Waals surface area (Å²) in [6.45, 7) is 4.18. The summed E-state index contributed by atoms with van der Waals surface area (Å²) >= 11 is 6.17. The molecule has 0 unspecified atom stereocenters. The van der Waals surface area contributed by atoms with Crippen LogP contribution in [0.3, 0.4) is 0 Å². The molecule has 0 spiro atoms. The van der Waals surface area contributed by atoms with Crippen LogP contribution in [-0.2, 0) is 12.8 Å². The van der Waals surface area contributed by atoms with Crippen molar-refractivity contribution < 1.29 is 4.79 Å². The average Bonchev–Trinajstić information content (AvgIpc) is 2.46. The number of benzene rings is 1. The molecular weight excluding hydrogens is 300 g/mol. The molecule has 5 nitrogen and oxygen atoms in total. The molecule has 0 saturated heterocycles. The van der Waals surface area contributed by atoms with Gasteiger partial charge in [-0.3, -0.25) is 4.79 Å². The van der Waals surface area contributed by atoms with Gasteiger partial charge in [-0.2, -0.15) is 0 Å². The molecule has 1 aromatic carbocycles. The Balaban J connectivity index is 2.29. The van der Waals surface area contributed by atoms with Crippen LogP contribution in [0.1, 0.15) is 34.2 Å². The van der Waals surface area contributed by atoms with E-state index in [-0.39, 0.29) is 11.9 Å². The molecule has 3 N–H and O–H groups in total. The molecule has 0 radical (unpaired) electrons. The molecule has 0 aliphatic heterocycles. The van der Waals surface area contributed by atoms with Crippen LogP contribution in [-0.4, -0.2) is 22.4 Å². The van der Waals surface area contributed by atoms with Gasteiger partial charge in [-0.05, 0) is 38.3 Å². The Morgan fingerprint density at radius 1 is 1.27 bits per heavy atom. The van der Waals surface area contributed by atoms with E-state index >= 15 is 0 Å². The maximum atomic E-state index is 12.2. The summed E-state index contributed by atoms with van der Waals surface area (Å²) in [7, 11) is 0. The van der Waals surface area contributed by atoms with E-state index in [1.807, 2.05) is 31.2 Å². The van der Waals surface area contributed by atoms with Crippen LogP contribution in [0.15, 0.2) is 24.3 Å². The topological polar surface area (TPSA) is 80.9 Å². The molecule has 0 fully saturated rings. The highest BCUT2D eigenvalue weighted by Gasteiger charge is 2.17. The second kappa shape index (κ2) is 7.22. The third kappa shape index (κ3) is 3.74. The van der Waals surface area contributed by atoms with Gasteiger partial charge in [0.15, 0.2) is 0 Å². The molecule has 2 rings (SSSR count). The molecule has 22 heavy (non-hydrogen) atoms. The average molecular weight is 319 g/mol. The lowest BCUT2D eigenvalue weighted by Crippen LogP contribution is -2.26. The monoisotopic (exact) mass is 318 g/mol. The zero-order valence-corrected chi connectivity index (χ0v) is 13.4. The van der Waals surface area contributed by atoms with Crippen molar-refractivity contribution >= 4 is 23.5 Å². The summed E-state index contributed by atoms with van der Waals surface area (Å²) in [5, 5.41) is 3.50. The Bertz CT molecular complexity index is 688. The highest BCUT2D eigenvalue weighted by molar-refractivity contribution is 6.31. The summed E-state index contributed by atoms with van der Waals surface area (Å²) in [6, 6.07) is 7.64. The maximum absolute atomic E-state index is 12.2. The van der Waals surface area contributed by atoms with Crippen LogP contribution in [0.2, 0.25) is 5.02 Å². The third-order valence-electron chi connectivity index (χ3n) is 3.34. The van der Waals surface area contributed by atoms with Crippen molar-refractivity contribution in [3.05, 3.63) is 51.8 Å². The van der Waals surface area contributed by atoms with Gasteiger partial charge < -0.3 is 11.1 Å². The Morgan fingerprint density at radius 3 is 2.68 bits per heavy atom. The first-order valence-corrected chi connectivity index (χ1v) is 7.55. The van der Waals surface area contributed by atoms with Gasteiger partial charge in [0.25, 0.3) is 5.91 Å². The summed E-state index contributed by atoms with van der Waals surface area (Å²) in [6.07, 6.45) is 1.26. The second-order valence-corrected chi connectivity index (χ2v) is 5.35. The number of aromatic nitrogens is 2. The van der Waals surface area contributed by atoms with Gasteiger partial charge in [-0.25, -0.2) is 9.97 Å².